The van der Waals surface area contributed by atoms with Gasteiger partial charge in [-0.2, -0.15) is 0 Å². The van der Waals surface area contributed by atoms with Crippen LogP contribution in [0.3, 0.4) is 0 Å². The number of nitrogens with zero attached hydrogens (tertiary/aromatic N) is 3. The summed E-state index contributed by atoms with van der Waals surface area (Å²) >= 11 is 3.05. The van der Waals surface area contributed by atoms with E-state index < -0.39 is 0 Å². The molecule has 0 spiro atoms. The highest BCUT2D eigenvalue weighted by molar-refractivity contribution is 7.99. The van der Waals surface area contributed by atoms with Crippen molar-refractivity contribution in [2.24, 2.45) is 0 Å². The minimum absolute atomic E-state index is 0.0497. The molecule has 1 fully saturated rings. The first-order valence-corrected chi connectivity index (χ1v) is 11.6. The van der Waals surface area contributed by atoms with Crippen molar-refractivity contribution in [1.82, 2.24) is 14.8 Å². The van der Waals surface area contributed by atoms with E-state index in [9.17, 15) is 4.79 Å². The Labute approximate surface area is 178 Å². The molecule has 1 aliphatic heterocycles. The molecule has 6 nitrogen and oxygen atoms in total. The summed E-state index contributed by atoms with van der Waals surface area (Å²) in [5.41, 5.74) is 3.09. The third-order valence-electron chi connectivity index (χ3n) is 4.86. The number of rotatable bonds is 7. The molecule has 2 aromatic heterocycles. The van der Waals surface area contributed by atoms with E-state index in [0.717, 1.165) is 46.6 Å². The number of benzene rings is 1. The highest BCUT2D eigenvalue weighted by Crippen LogP contribution is 2.29. The monoisotopic (exact) mass is 428 g/mol. The molecule has 1 aromatic carbocycles. The van der Waals surface area contributed by atoms with Gasteiger partial charge in [-0.3, -0.25) is 9.36 Å². The summed E-state index contributed by atoms with van der Waals surface area (Å²) in [5.74, 6) is 1.07. The molecular weight excluding hydrogens is 404 g/mol. The third kappa shape index (κ3) is 4.88. The van der Waals surface area contributed by atoms with Crippen molar-refractivity contribution in [1.29, 1.82) is 0 Å². The zero-order valence-corrected chi connectivity index (χ0v) is 18.2. The number of anilines is 1. The Morgan fingerprint density at radius 1 is 1.34 bits per heavy atom. The number of thioether (sulfide) groups is 1. The van der Waals surface area contributed by atoms with E-state index in [1.165, 1.54) is 17.3 Å². The Bertz CT molecular complexity index is 979. The van der Waals surface area contributed by atoms with Gasteiger partial charge in [-0.1, -0.05) is 35.5 Å². The Hall–Kier alpha value is -2.16. The maximum Gasteiger partial charge on any atom is 0.234 e. The Kier molecular flexibility index (Phi) is 6.32. The van der Waals surface area contributed by atoms with Crippen LogP contribution in [0.1, 0.15) is 24.0 Å². The van der Waals surface area contributed by atoms with E-state index in [1.807, 2.05) is 43.5 Å². The van der Waals surface area contributed by atoms with Crippen LogP contribution in [0, 0.1) is 13.8 Å². The SMILES string of the molecule is Cc1ccc(NC(=O)CSc2nnc(-c3cccs3)n2CC2CCCO2)c(C)c1. The Balaban J connectivity index is 1.46. The normalized spacial score (nSPS) is 16.3. The van der Waals surface area contributed by atoms with Gasteiger partial charge in [0.25, 0.3) is 0 Å². The molecule has 0 radical (unpaired) electrons. The molecule has 4 rings (SSSR count). The van der Waals surface area contributed by atoms with E-state index in [0.29, 0.717) is 6.54 Å². The quantitative estimate of drug-likeness (QED) is 0.560. The van der Waals surface area contributed by atoms with Crippen LogP contribution in [0.25, 0.3) is 10.7 Å². The smallest absolute Gasteiger partial charge is 0.234 e. The summed E-state index contributed by atoms with van der Waals surface area (Å²) in [6.07, 6.45) is 2.30. The largest absolute Gasteiger partial charge is 0.376 e. The van der Waals surface area contributed by atoms with Gasteiger partial charge in [-0.25, -0.2) is 0 Å². The predicted octanol–water partition coefficient (Wildman–Crippen LogP) is 4.53. The predicted molar refractivity (Wildman–Crippen MR) is 118 cm³/mol. The van der Waals surface area contributed by atoms with E-state index in [1.54, 1.807) is 11.3 Å². The Morgan fingerprint density at radius 2 is 2.24 bits per heavy atom. The molecule has 3 heterocycles. The fourth-order valence-electron chi connectivity index (χ4n) is 3.41. The van der Waals surface area contributed by atoms with Gasteiger partial charge in [0, 0.05) is 12.3 Å². The minimum atomic E-state index is -0.0497. The average Bonchev–Trinajstić information content (AvgIpc) is 3.45. The maximum atomic E-state index is 12.5. The first-order valence-electron chi connectivity index (χ1n) is 9.69. The fraction of sp³-hybridized carbons (Fsp3) is 0.381. The first-order chi connectivity index (χ1) is 14.1. The van der Waals surface area contributed by atoms with Crippen LogP contribution < -0.4 is 5.32 Å². The molecule has 29 heavy (non-hydrogen) atoms. The lowest BCUT2D eigenvalue weighted by Gasteiger charge is -2.14. The molecule has 1 aliphatic rings. The Morgan fingerprint density at radius 3 is 2.97 bits per heavy atom. The highest BCUT2D eigenvalue weighted by Gasteiger charge is 2.22. The van der Waals surface area contributed by atoms with Crippen LogP contribution in [0.15, 0.2) is 40.9 Å². The second kappa shape index (κ2) is 9.11. The van der Waals surface area contributed by atoms with Crippen LogP contribution in [0.2, 0.25) is 0 Å². The average molecular weight is 429 g/mol. The number of carbonyl (C=O) groups is 1. The van der Waals surface area contributed by atoms with Crippen molar-refractivity contribution in [3.63, 3.8) is 0 Å². The van der Waals surface area contributed by atoms with Gasteiger partial charge in [-0.15, -0.1) is 21.5 Å². The number of hydrogen-bond acceptors (Lipinski definition) is 6. The van der Waals surface area contributed by atoms with Crippen molar-refractivity contribution in [3.8, 4) is 10.7 Å². The number of ether oxygens (including phenoxy) is 1. The molecule has 152 valence electrons. The van der Waals surface area contributed by atoms with Crippen molar-refractivity contribution in [2.75, 3.05) is 17.7 Å². The zero-order valence-electron chi connectivity index (χ0n) is 16.6. The lowest BCUT2D eigenvalue weighted by Crippen LogP contribution is -2.18. The van der Waals surface area contributed by atoms with Crippen LogP contribution in [0.5, 0.6) is 0 Å². The molecule has 0 saturated carbocycles. The van der Waals surface area contributed by atoms with E-state index >= 15 is 0 Å². The molecule has 0 aliphatic carbocycles. The minimum Gasteiger partial charge on any atom is -0.376 e. The van der Waals surface area contributed by atoms with E-state index in [-0.39, 0.29) is 17.8 Å². The van der Waals surface area contributed by atoms with E-state index in [2.05, 4.69) is 26.1 Å². The molecule has 1 atom stereocenters. The second-order valence-corrected chi connectivity index (χ2v) is 9.07. The van der Waals surface area contributed by atoms with Gasteiger partial charge < -0.3 is 10.1 Å². The number of nitrogens with one attached hydrogen (secondary N) is 1. The third-order valence-corrected chi connectivity index (χ3v) is 6.69. The highest BCUT2D eigenvalue weighted by atomic mass is 32.2. The van der Waals surface area contributed by atoms with Crippen molar-refractivity contribution in [2.45, 2.75) is 44.5 Å². The van der Waals surface area contributed by atoms with E-state index in [4.69, 9.17) is 4.74 Å². The van der Waals surface area contributed by atoms with Crippen LogP contribution >= 0.6 is 23.1 Å². The van der Waals surface area contributed by atoms with Crippen molar-refractivity contribution >= 4 is 34.7 Å². The number of aromatic nitrogens is 3. The number of aryl methyl sites for hydroxylation is 2. The summed E-state index contributed by atoms with van der Waals surface area (Å²) in [4.78, 5) is 13.6. The zero-order chi connectivity index (χ0) is 20.2. The summed E-state index contributed by atoms with van der Waals surface area (Å²) in [6.45, 7) is 5.56. The van der Waals surface area contributed by atoms with Gasteiger partial charge in [0.2, 0.25) is 5.91 Å². The second-order valence-electron chi connectivity index (χ2n) is 7.18. The topological polar surface area (TPSA) is 69.0 Å². The lowest BCUT2D eigenvalue weighted by atomic mass is 10.1. The standard InChI is InChI=1S/C21H24N4O2S2/c1-14-7-8-17(15(2)11-14)22-19(26)13-29-21-24-23-20(18-6-4-10-28-18)25(21)12-16-5-3-9-27-16/h4,6-8,10-11,16H,3,5,9,12-13H2,1-2H3,(H,22,26). The van der Waals surface area contributed by atoms with Crippen molar-refractivity contribution in [3.05, 3.63) is 46.8 Å². The van der Waals surface area contributed by atoms with Gasteiger partial charge in [0.05, 0.1) is 23.3 Å². The van der Waals surface area contributed by atoms with Gasteiger partial charge in [0.1, 0.15) is 0 Å². The van der Waals surface area contributed by atoms with Crippen LogP contribution in [0.4, 0.5) is 5.69 Å². The first kappa shape index (κ1) is 20.1. The molecule has 3 aromatic rings. The number of thiophene rings is 1. The summed E-state index contributed by atoms with van der Waals surface area (Å²) in [7, 11) is 0. The van der Waals surface area contributed by atoms with Crippen molar-refractivity contribution < 1.29 is 9.53 Å². The summed E-state index contributed by atoms with van der Waals surface area (Å²) in [6, 6.07) is 10.1. The van der Waals surface area contributed by atoms with Gasteiger partial charge in [-0.05, 0) is 49.8 Å². The molecule has 1 N–H and O–H groups in total. The molecule has 8 heteroatoms. The number of amides is 1. The number of hydrogen-bond donors (Lipinski definition) is 1. The van der Waals surface area contributed by atoms with Gasteiger partial charge in [0.15, 0.2) is 11.0 Å². The fourth-order valence-corrected chi connectivity index (χ4v) is 4.88. The molecule has 0 bridgehead atoms. The molecular formula is C21H24N4O2S2. The summed E-state index contributed by atoms with van der Waals surface area (Å²) < 4.78 is 7.91. The lowest BCUT2D eigenvalue weighted by molar-refractivity contribution is -0.113. The van der Waals surface area contributed by atoms with Gasteiger partial charge >= 0.3 is 0 Å². The number of carbonyl (C=O) groups excluding carboxylic acids is 1. The summed E-state index contributed by atoms with van der Waals surface area (Å²) in [5, 5.41) is 14.5. The maximum absolute atomic E-state index is 12.5. The van der Waals surface area contributed by atoms with Crippen LogP contribution in [-0.2, 0) is 16.1 Å². The molecule has 1 amide bonds. The molecule has 1 unspecified atom stereocenters. The molecule has 1 saturated heterocycles. The van der Waals surface area contributed by atoms with Crippen LogP contribution in [-0.4, -0.2) is 39.1 Å².